The van der Waals surface area contributed by atoms with Gasteiger partial charge in [0.2, 0.25) is 0 Å². The van der Waals surface area contributed by atoms with Gasteiger partial charge in [0.15, 0.2) is 0 Å². The lowest BCUT2D eigenvalue weighted by atomic mass is 9.97. The Morgan fingerprint density at radius 1 is 0.750 bits per heavy atom. The van der Waals surface area contributed by atoms with Gasteiger partial charge in [-0.2, -0.15) is 0 Å². The largest absolute Gasteiger partial charge is 0.0654 e. The van der Waals surface area contributed by atoms with Gasteiger partial charge in [-0.25, -0.2) is 0 Å². The van der Waals surface area contributed by atoms with Crippen molar-refractivity contribution in [1.82, 2.24) is 0 Å². The standard InChI is InChI=1S/C16H33/c1-4-6-8-9-10-11-12-13-15-16(3)14-7-5-2/h14,16H,4-13,15H2,1-3H3. The Morgan fingerprint density at radius 2 is 1.31 bits per heavy atom. The molecule has 0 aromatic carbocycles. The highest BCUT2D eigenvalue weighted by Crippen LogP contribution is 2.16. The van der Waals surface area contributed by atoms with Crippen LogP contribution in [-0.2, 0) is 0 Å². The topological polar surface area (TPSA) is 0 Å². The lowest BCUT2D eigenvalue weighted by Crippen LogP contribution is -1.95. The molecule has 0 bridgehead atoms. The quantitative estimate of drug-likeness (QED) is 0.349. The lowest BCUT2D eigenvalue weighted by molar-refractivity contribution is 0.508. The second-order valence-electron chi connectivity index (χ2n) is 5.27. The summed E-state index contributed by atoms with van der Waals surface area (Å²) in [4.78, 5) is 0. The highest BCUT2D eigenvalue weighted by atomic mass is 14.1. The van der Waals surface area contributed by atoms with Crippen molar-refractivity contribution >= 4 is 0 Å². The van der Waals surface area contributed by atoms with E-state index >= 15 is 0 Å². The molecular formula is C16H33. The van der Waals surface area contributed by atoms with Crippen LogP contribution in [0.1, 0.15) is 91.4 Å². The molecule has 1 radical (unpaired) electrons. The molecule has 0 nitrogen and oxygen atoms in total. The molecule has 0 heterocycles. The Kier molecular flexibility index (Phi) is 13.1. The predicted molar refractivity (Wildman–Crippen MR) is 75.6 cm³/mol. The van der Waals surface area contributed by atoms with Gasteiger partial charge in [0, 0.05) is 0 Å². The highest BCUT2D eigenvalue weighted by Gasteiger charge is 2.01. The maximum absolute atomic E-state index is 2.50. The average molecular weight is 225 g/mol. The first-order chi connectivity index (χ1) is 7.81. The Balaban J connectivity index is 3.02. The molecule has 0 amide bonds. The fourth-order valence-corrected chi connectivity index (χ4v) is 2.17. The van der Waals surface area contributed by atoms with Crippen LogP contribution in [0.5, 0.6) is 0 Å². The molecule has 1 atom stereocenters. The summed E-state index contributed by atoms with van der Waals surface area (Å²) < 4.78 is 0. The summed E-state index contributed by atoms with van der Waals surface area (Å²) in [5.74, 6) is 0.847. The van der Waals surface area contributed by atoms with Crippen LogP contribution in [0.25, 0.3) is 0 Å². The maximum atomic E-state index is 2.50. The Labute approximate surface area is 104 Å². The van der Waals surface area contributed by atoms with Crippen molar-refractivity contribution in [2.24, 2.45) is 5.92 Å². The summed E-state index contributed by atoms with van der Waals surface area (Å²) in [6.07, 6.45) is 18.1. The summed E-state index contributed by atoms with van der Waals surface area (Å²) in [6.45, 7) is 6.92. The van der Waals surface area contributed by atoms with Gasteiger partial charge in [-0.05, 0) is 12.3 Å². The Morgan fingerprint density at radius 3 is 1.88 bits per heavy atom. The maximum Gasteiger partial charge on any atom is -0.0358 e. The van der Waals surface area contributed by atoms with E-state index < -0.39 is 0 Å². The fraction of sp³-hybridized carbons (Fsp3) is 0.938. The molecule has 0 aliphatic heterocycles. The van der Waals surface area contributed by atoms with Gasteiger partial charge < -0.3 is 0 Å². The molecule has 0 rings (SSSR count). The number of hydrogen-bond donors (Lipinski definition) is 0. The molecule has 0 N–H and O–H groups in total. The molecule has 1 unspecified atom stereocenters. The van der Waals surface area contributed by atoms with Gasteiger partial charge in [0.25, 0.3) is 0 Å². The van der Waals surface area contributed by atoms with Crippen molar-refractivity contribution in [3.8, 4) is 0 Å². The van der Waals surface area contributed by atoms with Crippen molar-refractivity contribution in [3.05, 3.63) is 6.42 Å². The molecule has 0 aliphatic carbocycles. The SMILES string of the molecule is CCC[CH]C(C)CCCCCCCCCC. The molecule has 0 saturated carbocycles. The van der Waals surface area contributed by atoms with Crippen LogP contribution >= 0.6 is 0 Å². The van der Waals surface area contributed by atoms with E-state index in [1.807, 2.05) is 0 Å². The van der Waals surface area contributed by atoms with Crippen LogP contribution < -0.4 is 0 Å². The van der Waals surface area contributed by atoms with E-state index in [2.05, 4.69) is 27.2 Å². The van der Waals surface area contributed by atoms with Crippen LogP contribution in [0.3, 0.4) is 0 Å². The van der Waals surface area contributed by atoms with Crippen molar-refractivity contribution in [3.63, 3.8) is 0 Å². The Hall–Kier alpha value is 0. The smallest absolute Gasteiger partial charge is 0.0358 e. The first-order valence-electron chi connectivity index (χ1n) is 7.64. The van der Waals surface area contributed by atoms with Crippen LogP contribution in [0.15, 0.2) is 0 Å². The van der Waals surface area contributed by atoms with Crippen LogP contribution in [0.4, 0.5) is 0 Å². The van der Waals surface area contributed by atoms with Crippen molar-refractivity contribution in [1.29, 1.82) is 0 Å². The third kappa shape index (κ3) is 12.1. The molecule has 16 heavy (non-hydrogen) atoms. The van der Waals surface area contributed by atoms with Gasteiger partial charge in [-0.1, -0.05) is 91.4 Å². The second kappa shape index (κ2) is 13.1. The predicted octanol–water partition coefficient (Wildman–Crippen LogP) is 6.16. The molecule has 0 heteroatoms. The fourth-order valence-electron chi connectivity index (χ4n) is 2.17. The van der Waals surface area contributed by atoms with Crippen molar-refractivity contribution in [2.75, 3.05) is 0 Å². The van der Waals surface area contributed by atoms with E-state index in [-0.39, 0.29) is 0 Å². The van der Waals surface area contributed by atoms with Crippen molar-refractivity contribution < 1.29 is 0 Å². The zero-order chi connectivity index (χ0) is 12.1. The molecule has 0 spiro atoms. The minimum absolute atomic E-state index is 0.847. The summed E-state index contributed by atoms with van der Waals surface area (Å²) in [7, 11) is 0. The van der Waals surface area contributed by atoms with E-state index in [0.717, 1.165) is 5.92 Å². The van der Waals surface area contributed by atoms with Crippen LogP contribution in [0.2, 0.25) is 0 Å². The molecular weight excluding hydrogens is 192 g/mol. The summed E-state index contributed by atoms with van der Waals surface area (Å²) >= 11 is 0. The molecule has 0 saturated heterocycles. The first-order valence-corrected chi connectivity index (χ1v) is 7.64. The van der Waals surface area contributed by atoms with E-state index in [1.165, 1.54) is 70.6 Å². The minimum Gasteiger partial charge on any atom is -0.0654 e. The van der Waals surface area contributed by atoms with Gasteiger partial charge in [-0.15, -0.1) is 0 Å². The summed E-state index contributed by atoms with van der Waals surface area (Å²) in [5, 5.41) is 0. The lowest BCUT2D eigenvalue weighted by Gasteiger charge is -2.09. The van der Waals surface area contributed by atoms with Crippen LogP contribution in [0, 0.1) is 12.3 Å². The van der Waals surface area contributed by atoms with Gasteiger partial charge >= 0.3 is 0 Å². The highest BCUT2D eigenvalue weighted by molar-refractivity contribution is 4.71. The van der Waals surface area contributed by atoms with Gasteiger partial charge in [0.05, 0.1) is 0 Å². The van der Waals surface area contributed by atoms with Crippen LogP contribution in [-0.4, -0.2) is 0 Å². The van der Waals surface area contributed by atoms with E-state index in [9.17, 15) is 0 Å². The first kappa shape index (κ1) is 16.0. The zero-order valence-electron chi connectivity index (χ0n) is 11.9. The van der Waals surface area contributed by atoms with E-state index in [4.69, 9.17) is 0 Å². The summed E-state index contributed by atoms with van der Waals surface area (Å²) in [6, 6.07) is 0. The normalized spacial score (nSPS) is 12.9. The van der Waals surface area contributed by atoms with Gasteiger partial charge in [0.1, 0.15) is 0 Å². The number of unbranched alkanes of at least 4 members (excludes halogenated alkanes) is 8. The molecule has 0 fully saturated rings. The number of hydrogen-bond acceptors (Lipinski definition) is 0. The van der Waals surface area contributed by atoms with E-state index in [0.29, 0.717) is 0 Å². The zero-order valence-corrected chi connectivity index (χ0v) is 11.9. The van der Waals surface area contributed by atoms with E-state index in [1.54, 1.807) is 0 Å². The molecule has 97 valence electrons. The van der Waals surface area contributed by atoms with Gasteiger partial charge in [-0.3, -0.25) is 0 Å². The third-order valence-corrected chi connectivity index (χ3v) is 3.37. The third-order valence-electron chi connectivity index (χ3n) is 3.37. The average Bonchev–Trinajstić information content (AvgIpc) is 2.30. The second-order valence-corrected chi connectivity index (χ2v) is 5.27. The minimum atomic E-state index is 0.847. The van der Waals surface area contributed by atoms with Crippen molar-refractivity contribution in [2.45, 2.75) is 91.4 Å². The Bertz CT molecular complexity index is 117. The molecule has 0 aliphatic rings. The molecule has 0 aromatic heterocycles. The molecule has 0 aromatic rings. The summed E-state index contributed by atoms with van der Waals surface area (Å²) in [5.41, 5.74) is 0. The monoisotopic (exact) mass is 225 g/mol. The number of rotatable bonds is 12.